The van der Waals surface area contributed by atoms with Crippen molar-refractivity contribution in [3.63, 3.8) is 0 Å². The quantitative estimate of drug-likeness (QED) is 0.165. The highest BCUT2D eigenvalue weighted by atomic mass is 32.2. The number of nitrogens with zero attached hydrogens (tertiary/aromatic N) is 2. The van der Waals surface area contributed by atoms with E-state index in [1.54, 1.807) is 36.4 Å². The van der Waals surface area contributed by atoms with Gasteiger partial charge < -0.3 is 0 Å². The van der Waals surface area contributed by atoms with E-state index in [4.69, 9.17) is 4.98 Å². The molecule has 0 aliphatic heterocycles. The average Bonchev–Trinajstić information content (AvgIpc) is 3.22. The molecule has 0 saturated carbocycles. The Morgan fingerprint density at radius 2 is 1.61 bits per heavy atom. The minimum absolute atomic E-state index is 0.220. The zero-order chi connectivity index (χ0) is 25.1. The van der Waals surface area contributed by atoms with Gasteiger partial charge in [0.15, 0.2) is 5.65 Å². The molecule has 0 atom stereocenters. The molecule has 5 rings (SSSR count). The molecule has 0 fully saturated rings. The Morgan fingerprint density at radius 1 is 0.833 bits per heavy atom. The smallest absolute Gasteiger partial charge is 0.234 e. The summed E-state index contributed by atoms with van der Waals surface area (Å²) in [6.45, 7) is 2.15. The second-order valence-electron chi connectivity index (χ2n) is 8.88. The maximum Gasteiger partial charge on any atom is 0.269 e. The van der Waals surface area contributed by atoms with Gasteiger partial charge in [-0.05, 0) is 72.5 Å². The van der Waals surface area contributed by atoms with Gasteiger partial charge in [-0.3, -0.25) is 0 Å². The molecule has 182 valence electrons. The van der Waals surface area contributed by atoms with Gasteiger partial charge in [0.05, 0.1) is 10.4 Å². The third kappa shape index (κ3) is 4.69. The topological polar surface area (TPSA) is 52.0 Å². The van der Waals surface area contributed by atoms with E-state index in [0.29, 0.717) is 11.2 Å². The number of unbranched alkanes of at least 4 members (excludes halogenated alkanes) is 2. The number of hydrogen-bond acceptors (Lipinski definition) is 3. The molecule has 0 saturated heterocycles. The maximum absolute atomic E-state index is 13.8. The van der Waals surface area contributed by atoms with E-state index >= 15 is 0 Å². The lowest BCUT2D eigenvalue weighted by molar-refractivity contribution is 0.590. The molecule has 6 heteroatoms. The Hall–Kier alpha value is -3.77. The van der Waals surface area contributed by atoms with E-state index in [2.05, 4.69) is 6.92 Å². The van der Waals surface area contributed by atoms with Gasteiger partial charge in [0.25, 0.3) is 10.0 Å². The lowest BCUT2D eigenvalue weighted by atomic mass is 10.1. The van der Waals surface area contributed by atoms with Crippen LogP contribution in [-0.2, 0) is 16.4 Å². The minimum atomic E-state index is -3.87. The van der Waals surface area contributed by atoms with Crippen LogP contribution in [0.5, 0.6) is 0 Å². The first-order valence-corrected chi connectivity index (χ1v) is 13.6. The first kappa shape index (κ1) is 23.9. The Morgan fingerprint density at radius 3 is 2.36 bits per heavy atom. The van der Waals surface area contributed by atoms with Crippen molar-refractivity contribution < 1.29 is 12.8 Å². The van der Waals surface area contributed by atoms with Crippen LogP contribution in [0.1, 0.15) is 43.0 Å². The van der Waals surface area contributed by atoms with Crippen LogP contribution in [0, 0.1) is 5.82 Å². The van der Waals surface area contributed by atoms with Gasteiger partial charge >= 0.3 is 0 Å². The van der Waals surface area contributed by atoms with Gasteiger partial charge in [0.2, 0.25) is 0 Å². The van der Waals surface area contributed by atoms with E-state index in [9.17, 15) is 12.8 Å². The van der Waals surface area contributed by atoms with Crippen molar-refractivity contribution in [1.82, 2.24) is 8.96 Å². The lowest BCUT2D eigenvalue weighted by Gasteiger charge is -2.09. The van der Waals surface area contributed by atoms with Gasteiger partial charge in [0, 0.05) is 16.5 Å². The van der Waals surface area contributed by atoms with E-state index in [0.717, 1.165) is 53.3 Å². The van der Waals surface area contributed by atoms with Crippen molar-refractivity contribution in [2.75, 3.05) is 0 Å². The van der Waals surface area contributed by atoms with Crippen LogP contribution in [-0.4, -0.2) is 17.4 Å². The van der Waals surface area contributed by atoms with Crippen LogP contribution in [0.15, 0.2) is 89.8 Å². The lowest BCUT2D eigenvalue weighted by Crippen LogP contribution is -2.13. The summed E-state index contributed by atoms with van der Waals surface area (Å²) in [7, 11) is -3.87. The van der Waals surface area contributed by atoms with E-state index in [1.807, 2.05) is 48.6 Å². The summed E-state index contributed by atoms with van der Waals surface area (Å²) in [6, 6.07) is 24.5. The van der Waals surface area contributed by atoms with Crippen molar-refractivity contribution in [2.24, 2.45) is 0 Å². The van der Waals surface area contributed by atoms with Crippen LogP contribution in [0.4, 0.5) is 4.39 Å². The van der Waals surface area contributed by atoms with Crippen LogP contribution in [0.25, 0.3) is 34.1 Å². The van der Waals surface area contributed by atoms with Gasteiger partial charge in [-0.15, -0.1) is 0 Å². The summed E-state index contributed by atoms with van der Waals surface area (Å²) >= 11 is 0. The fourth-order valence-corrected chi connectivity index (χ4v) is 5.95. The van der Waals surface area contributed by atoms with Crippen LogP contribution in [0.3, 0.4) is 0 Å². The summed E-state index contributed by atoms with van der Waals surface area (Å²) in [5, 5.41) is 1.59. The van der Waals surface area contributed by atoms with Crippen molar-refractivity contribution in [3.05, 3.63) is 108 Å². The number of hydrogen-bond donors (Lipinski definition) is 0. The Balaban J connectivity index is 1.68. The zero-order valence-electron chi connectivity index (χ0n) is 20.1. The van der Waals surface area contributed by atoms with E-state index < -0.39 is 10.0 Å². The molecular weight excluding hydrogens is 471 g/mol. The molecule has 5 aromatic rings. The zero-order valence-corrected chi connectivity index (χ0v) is 20.9. The molecule has 2 heterocycles. The molecule has 0 radical (unpaired) electrons. The summed E-state index contributed by atoms with van der Waals surface area (Å²) in [5.74, 6) is -0.289. The largest absolute Gasteiger partial charge is 0.269 e. The maximum atomic E-state index is 13.8. The monoisotopic (exact) mass is 498 g/mol. The highest BCUT2D eigenvalue weighted by molar-refractivity contribution is 7.90. The third-order valence-electron chi connectivity index (χ3n) is 6.29. The number of aromatic nitrogens is 2. The van der Waals surface area contributed by atoms with Gasteiger partial charge in [-0.2, -0.15) is 0 Å². The molecule has 0 spiro atoms. The first-order chi connectivity index (χ1) is 17.5. The second-order valence-corrected chi connectivity index (χ2v) is 10.7. The molecule has 4 nitrogen and oxygen atoms in total. The normalized spacial score (nSPS) is 12.2. The molecule has 0 amide bonds. The third-order valence-corrected chi connectivity index (χ3v) is 8.01. The predicted molar refractivity (Wildman–Crippen MR) is 145 cm³/mol. The highest BCUT2D eigenvalue weighted by Gasteiger charge is 2.24. The first-order valence-electron chi connectivity index (χ1n) is 12.2. The van der Waals surface area contributed by atoms with Gasteiger partial charge in [-0.1, -0.05) is 68.3 Å². The standard InChI is InChI=1S/C30H27FN2O2S/c1-2-3-5-11-25-17-18-27-28-21-23(15-14-22-9-8-10-24(31)20-22)16-19-29(28)33(30(27)32-25)36(34,35)26-12-6-4-7-13-26/h4,6-10,12-21H,2-3,5,11H2,1H3. The number of rotatable bonds is 8. The van der Waals surface area contributed by atoms with Gasteiger partial charge in [0.1, 0.15) is 5.82 Å². The minimum Gasteiger partial charge on any atom is -0.234 e. The summed E-state index contributed by atoms with van der Waals surface area (Å²) < 4.78 is 42.5. The number of pyridine rings is 1. The summed E-state index contributed by atoms with van der Waals surface area (Å²) in [6.07, 6.45) is 7.76. The van der Waals surface area contributed by atoms with Crippen molar-refractivity contribution in [2.45, 2.75) is 37.5 Å². The Bertz CT molecular complexity index is 1670. The van der Waals surface area contributed by atoms with Gasteiger partial charge in [-0.25, -0.2) is 21.8 Å². The van der Waals surface area contributed by atoms with Crippen molar-refractivity contribution in [3.8, 4) is 0 Å². The van der Waals surface area contributed by atoms with Crippen LogP contribution < -0.4 is 0 Å². The molecule has 2 aromatic heterocycles. The van der Waals surface area contributed by atoms with E-state index in [-0.39, 0.29) is 10.7 Å². The molecule has 0 aliphatic rings. The van der Waals surface area contributed by atoms with Crippen LogP contribution in [0.2, 0.25) is 0 Å². The van der Waals surface area contributed by atoms with Crippen molar-refractivity contribution in [1.29, 1.82) is 0 Å². The van der Waals surface area contributed by atoms with E-state index in [1.165, 1.54) is 16.1 Å². The molecule has 0 unspecified atom stereocenters. The SMILES string of the molecule is CCCCCc1ccc2c3cc(C=Cc4cccc(F)c4)ccc3n(S(=O)(=O)c3ccccc3)c2n1. The number of fused-ring (bicyclic) bond motifs is 3. The average molecular weight is 499 g/mol. The Kier molecular flexibility index (Phi) is 6.70. The Labute approximate surface area is 210 Å². The second kappa shape index (κ2) is 10.1. The van der Waals surface area contributed by atoms with Crippen molar-refractivity contribution >= 4 is 44.1 Å². The molecule has 0 N–H and O–H groups in total. The molecular formula is C30H27FN2O2S. The van der Waals surface area contributed by atoms with Crippen LogP contribution >= 0.6 is 0 Å². The number of benzene rings is 3. The summed E-state index contributed by atoms with van der Waals surface area (Å²) in [4.78, 5) is 5.05. The molecule has 3 aromatic carbocycles. The fourth-order valence-electron chi connectivity index (χ4n) is 4.46. The summed E-state index contributed by atoms with van der Waals surface area (Å²) in [5.41, 5.74) is 3.54. The fraction of sp³-hybridized carbons (Fsp3) is 0.167. The number of aryl methyl sites for hydroxylation is 1. The number of halogens is 1. The molecule has 0 bridgehead atoms. The molecule has 36 heavy (non-hydrogen) atoms. The predicted octanol–water partition coefficient (Wildman–Crippen LogP) is 7.47. The highest BCUT2D eigenvalue weighted by Crippen LogP contribution is 2.33. The molecule has 0 aliphatic carbocycles.